The van der Waals surface area contributed by atoms with Crippen LogP contribution in [0.5, 0.6) is 0 Å². The van der Waals surface area contributed by atoms with Gasteiger partial charge in [-0.05, 0) is 36.4 Å². The highest BCUT2D eigenvalue weighted by Gasteiger charge is 2.15. The number of benzene rings is 2. The standard InChI is InChI=1S/C18H14ClF2N3S/c1-2-10-24-17(12-6-8-13(20)9-7-12)22-23-18(24)25-11-14-15(19)4-3-5-16(14)21/h2-9H,1,10-11H2. The highest BCUT2D eigenvalue weighted by atomic mass is 35.5. The molecule has 0 aliphatic heterocycles. The fourth-order valence-electron chi connectivity index (χ4n) is 2.31. The van der Waals surface area contributed by atoms with Crippen molar-refractivity contribution >= 4 is 23.4 Å². The van der Waals surface area contributed by atoms with Crippen molar-refractivity contribution in [2.45, 2.75) is 17.5 Å². The van der Waals surface area contributed by atoms with Crippen LogP contribution in [0.1, 0.15) is 5.56 Å². The monoisotopic (exact) mass is 377 g/mol. The molecule has 0 radical (unpaired) electrons. The Kier molecular flexibility index (Phi) is 5.50. The van der Waals surface area contributed by atoms with Gasteiger partial charge >= 0.3 is 0 Å². The van der Waals surface area contributed by atoms with Crippen LogP contribution in [0.25, 0.3) is 11.4 Å². The quantitative estimate of drug-likeness (QED) is 0.428. The number of hydrogen-bond acceptors (Lipinski definition) is 3. The molecule has 0 aliphatic carbocycles. The first-order valence-corrected chi connectivity index (χ1v) is 8.82. The molecule has 2 aromatic carbocycles. The van der Waals surface area contributed by atoms with E-state index >= 15 is 0 Å². The zero-order valence-electron chi connectivity index (χ0n) is 13.1. The molecule has 0 saturated carbocycles. The number of rotatable bonds is 6. The summed E-state index contributed by atoms with van der Waals surface area (Å²) < 4.78 is 28.9. The minimum atomic E-state index is -0.353. The van der Waals surface area contributed by atoms with E-state index in [-0.39, 0.29) is 11.6 Å². The van der Waals surface area contributed by atoms with E-state index in [9.17, 15) is 8.78 Å². The summed E-state index contributed by atoms with van der Waals surface area (Å²) in [6.45, 7) is 4.22. The van der Waals surface area contributed by atoms with Crippen LogP contribution in [0.15, 0.2) is 60.3 Å². The van der Waals surface area contributed by atoms with Gasteiger partial charge in [0.15, 0.2) is 11.0 Å². The number of allylic oxidation sites excluding steroid dienone is 1. The summed E-state index contributed by atoms with van der Waals surface area (Å²) in [5.74, 6) is 0.252. The van der Waals surface area contributed by atoms with Crippen LogP contribution < -0.4 is 0 Å². The first-order valence-electron chi connectivity index (χ1n) is 7.46. The van der Waals surface area contributed by atoms with Crippen LogP contribution in [-0.4, -0.2) is 14.8 Å². The van der Waals surface area contributed by atoms with E-state index in [0.717, 1.165) is 5.56 Å². The number of aromatic nitrogens is 3. The lowest BCUT2D eigenvalue weighted by Crippen LogP contribution is -2.01. The van der Waals surface area contributed by atoms with Gasteiger partial charge < -0.3 is 0 Å². The molecule has 3 rings (SSSR count). The fraction of sp³-hybridized carbons (Fsp3) is 0.111. The Balaban J connectivity index is 1.89. The Morgan fingerprint density at radius 2 is 1.88 bits per heavy atom. The Bertz CT molecular complexity index is 874. The summed E-state index contributed by atoms with van der Waals surface area (Å²) in [6.07, 6.45) is 1.72. The molecule has 0 spiro atoms. The number of hydrogen-bond donors (Lipinski definition) is 0. The average Bonchev–Trinajstić information content (AvgIpc) is 2.98. The molecule has 3 nitrogen and oxygen atoms in total. The van der Waals surface area contributed by atoms with Crippen molar-refractivity contribution in [3.8, 4) is 11.4 Å². The van der Waals surface area contributed by atoms with Gasteiger partial charge in [0.2, 0.25) is 0 Å². The minimum absolute atomic E-state index is 0.317. The number of thioether (sulfide) groups is 1. The van der Waals surface area contributed by atoms with Gasteiger partial charge in [0.1, 0.15) is 11.6 Å². The van der Waals surface area contributed by atoms with E-state index in [2.05, 4.69) is 16.8 Å². The van der Waals surface area contributed by atoms with Gasteiger partial charge in [0.05, 0.1) is 0 Å². The van der Waals surface area contributed by atoms with Gasteiger partial charge in [-0.3, -0.25) is 4.57 Å². The fourth-order valence-corrected chi connectivity index (χ4v) is 3.60. The largest absolute Gasteiger partial charge is 0.298 e. The molecule has 25 heavy (non-hydrogen) atoms. The van der Waals surface area contributed by atoms with Crippen molar-refractivity contribution in [2.75, 3.05) is 0 Å². The van der Waals surface area contributed by atoms with Crippen molar-refractivity contribution in [2.24, 2.45) is 0 Å². The van der Waals surface area contributed by atoms with Crippen LogP contribution in [0, 0.1) is 11.6 Å². The van der Waals surface area contributed by atoms with Crippen molar-refractivity contribution in [3.05, 3.63) is 77.3 Å². The lowest BCUT2D eigenvalue weighted by molar-refractivity contribution is 0.617. The second-order valence-corrected chi connectivity index (χ2v) is 6.55. The summed E-state index contributed by atoms with van der Waals surface area (Å²) in [4.78, 5) is 0. The van der Waals surface area contributed by atoms with Gasteiger partial charge in [-0.2, -0.15) is 0 Å². The van der Waals surface area contributed by atoms with E-state index in [0.29, 0.717) is 33.9 Å². The molecule has 0 unspecified atom stereocenters. The van der Waals surface area contributed by atoms with Gasteiger partial charge in [-0.25, -0.2) is 8.78 Å². The molecule has 1 aromatic heterocycles. The first kappa shape index (κ1) is 17.6. The third-order valence-electron chi connectivity index (χ3n) is 3.54. The maximum Gasteiger partial charge on any atom is 0.192 e. The topological polar surface area (TPSA) is 30.7 Å². The first-order chi connectivity index (χ1) is 12.1. The smallest absolute Gasteiger partial charge is 0.192 e. The van der Waals surface area contributed by atoms with Gasteiger partial charge in [0, 0.05) is 28.4 Å². The molecular weight excluding hydrogens is 364 g/mol. The maximum absolute atomic E-state index is 13.9. The predicted molar refractivity (Wildman–Crippen MR) is 96.6 cm³/mol. The number of halogens is 3. The molecule has 0 fully saturated rings. The lowest BCUT2D eigenvalue weighted by atomic mass is 10.2. The molecule has 0 bridgehead atoms. The predicted octanol–water partition coefficient (Wildman–Crippen LogP) is 5.36. The molecule has 0 saturated heterocycles. The van der Waals surface area contributed by atoms with E-state index in [1.165, 1.54) is 30.0 Å². The molecule has 0 aliphatic rings. The Morgan fingerprint density at radius 3 is 2.56 bits per heavy atom. The molecule has 3 aromatic rings. The average molecular weight is 378 g/mol. The third kappa shape index (κ3) is 3.91. The van der Waals surface area contributed by atoms with Gasteiger partial charge in [-0.1, -0.05) is 35.5 Å². The minimum Gasteiger partial charge on any atom is -0.298 e. The highest BCUT2D eigenvalue weighted by molar-refractivity contribution is 7.98. The molecule has 0 atom stereocenters. The SMILES string of the molecule is C=CCn1c(SCc2c(F)cccc2Cl)nnc1-c1ccc(F)cc1. The van der Waals surface area contributed by atoms with Crippen LogP contribution in [0.3, 0.4) is 0 Å². The molecule has 128 valence electrons. The van der Waals surface area contributed by atoms with Crippen molar-refractivity contribution in [3.63, 3.8) is 0 Å². The van der Waals surface area contributed by atoms with Gasteiger partial charge in [0.25, 0.3) is 0 Å². The second-order valence-electron chi connectivity index (χ2n) is 5.20. The van der Waals surface area contributed by atoms with E-state index in [4.69, 9.17) is 11.6 Å². The van der Waals surface area contributed by atoms with Crippen LogP contribution in [-0.2, 0) is 12.3 Å². The normalized spacial score (nSPS) is 10.8. The molecular formula is C18H14ClF2N3S. The van der Waals surface area contributed by atoms with Gasteiger partial charge in [-0.15, -0.1) is 16.8 Å². The molecule has 1 heterocycles. The summed E-state index contributed by atoms with van der Waals surface area (Å²) in [5, 5.41) is 9.35. The van der Waals surface area contributed by atoms with E-state index in [1.54, 1.807) is 30.3 Å². The molecule has 0 amide bonds. The van der Waals surface area contributed by atoms with Crippen LogP contribution in [0.4, 0.5) is 8.78 Å². The maximum atomic E-state index is 13.9. The summed E-state index contributed by atoms with van der Waals surface area (Å²) in [5.41, 5.74) is 1.16. The Morgan fingerprint density at radius 1 is 1.12 bits per heavy atom. The van der Waals surface area contributed by atoms with Crippen LogP contribution >= 0.6 is 23.4 Å². The molecule has 0 N–H and O–H groups in total. The Hall–Kier alpha value is -2.18. The summed E-state index contributed by atoms with van der Waals surface area (Å²) >= 11 is 7.39. The molecule has 7 heteroatoms. The second kappa shape index (κ2) is 7.80. The van der Waals surface area contributed by atoms with Crippen LogP contribution in [0.2, 0.25) is 5.02 Å². The zero-order valence-corrected chi connectivity index (χ0v) is 14.7. The zero-order chi connectivity index (χ0) is 17.8. The Labute approximate surface area is 153 Å². The van der Waals surface area contributed by atoms with E-state index < -0.39 is 0 Å². The van der Waals surface area contributed by atoms with Crippen molar-refractivity contribution in [1.82, 2.24) is 14.8 Å². The van der Waals surface area contributed by atoms with E-state index in [1.807, 2.05) is 4.57 Å². The number of nitrogens with zero attached hydrogens (tertiary/aromatic N) is 3. The van der Waals surface area contributed by atoms with Crippen molar-refractivity contribution < 1.29 is 8.78 Å². The lowest BCUT2D eigenvalue weighted by Gasteiger charge is -2.09. The van der Waals surface area contributed by atoms with Crippen molar-refractivity contribution in [1.29, 1.82) is 0 Å². The summed E-state index contributed by atoms with van der Waals surface area (Å²) in [6, 6.07) is 10.6. The highest BCUT2D eigenvalue weighted by Crippen LogP contribution is 2.30. The summed E-state index contributed by atoms with van der Waals surface area (Å²) in [7, 11) is 0. The third-order valence-corrected chi connectivity index (χ3v) is 4.89.